The van der Waals surface area contributed by atoms with Crippen molar-refractivity contribution in [2.45, 2.75) is 19.0 Å². The van der Waals surface area contributed by atoms with Gasteiger partial charge in [0.05, 0.1) is 13.1 Å². The van der Waals surface area contributed by atoms with Gasteiger partial charge in [-0.05, 0) is 23.6 Å². The molecule has 1 aromatic carbocycles. The Morgan fingerprint density at radius 3 is 2.48 bits per heavy atom. The van der Waals surface area contributed by atoms with Gasteiger partial charge in [-0.2, -0.15) is 13.2 Å². The summed E-state index contributed by atoms with van der Waals surface area (Å²) in [6.45, 7) is 0.0663. The van der Waals surface area contributed by atoms with E-state index in [4.69, 9.17) is 0 Å². The summed E-state index contributed by atoms with van der Waals surface area (Å²) in [4.78, 5) is 11.3. The van der Waals surface area contributed by atoms with E-state index >= 15 is 0 Å². The van der Waals surface area contributed by atoms with Crippen LogP contribution in [0.1, 0.15) is 18.4 Å². The quantitative estimate of drug-likeness (QED) is 0.792. The van der Waals surface area contributed by atoms with E-state index in [1.165, 1.54) is 6.07 Å². The number of nitrogens with one attached hydrogen (secondary N) is 2. The first-order chi connectivity index (χ1) is 9.69. The molecule has 0 radical (unpaired) electrons. The molecular formula is C13H15F5N2O. The summed E-state index contributed by atoms with van der Waals surface area (Å²) in [5.74, 6) is -2.86. The van der Waals surface area contributed by atoms with Crippen LogP contribution in [0.2, 0.25) is 0 Å². The molecule has 0 bridgehead atoms. The molecule has 21 heavy (non-hydrogen) atoms. The molecule has 1 atom stereocenters. The van der Waals surface area contributed by atoms with E-state index in [0.29, 0.717) is 5.56 Å². The van der Waals surface area contributed by atoms with Crippen molar-refractivity contribution in [1.82, 2.24) is 10.6 Å². The van der Waals surface area contributed by atoms with E-state index in [9.17, 15) is 26.7 Å². The molecule has 0 aliphatic carbocycles. The summed E-state index contributed by atoms with van der Waals surface area (Å²) >= 11 is 0. The number of halogens is 5. The molecule has 8 heteroatoms. The van der Waals surface area contributed by atoms with Crippen molar-refractivity contribution in [2.75, 3.05) is 19.6 Å². The van der Waals surface area contributed by atoms with Crippen molar-refractivity contribution in [3.63, 3.8) is 0 Å². The van der Waals surface area contributed by atoms with Crippen molar-refractivity contribution < 1.29 is 26.7 Å². The molecular weight excluding hydrogens is 295 g/mol. The predicted molar refractivity (Wildman–Crippen MR) is 66.7 cm³/mol. The Hall–Kier alpha value is -1.70. The van der Waals surface area contributed by atoms with Gasteiger partial charge in [0.15, 0.2) is 11.6 Å². The van der Waals surface area contributed by atoms with Gasteiger partial charge < -0.3 is 10.6 Å². The molecule has 2 N–H and O–H groups in total. The van der Waals surface area contributed by atoms with Crippen LogP contribution in [0.5, 0.6) is 0 Å². The van der Waals surface area contributed by atoms with Gasteiger partial charge in [-0.3, -0.25) is 4.79 Å². The number of carbonyl (C=O) groups excluding carboxylic acids is 1. The van der Waals surface area contributed by atoms with Crippen LogP contribution in [0.4, 0.5) is 22.0 Å². The fraction of sp³-hybridized carbons (Fsp3) is 0.462. The van der Waals surface area contributed by atoms with Gasteiger partial charge >= 0.3 is 6.18 Å². The normalized spacial score (nSPS) is 13.0. The Bertz CT molecular complexity index is 490. The van der Waals surface area contributed by atoms with E-state index in [2.05, 4.69) is 5.32 Å². The fourth-order valence-electron chi connectivity index (χ4n) is 1.58. The fourth-order valence-corrected chi connectivity index (χ4v) is 1.58. The lowest BCUT2D eigenvalue weighted by molar-refractivity contribution is -0.128. The molecule has 0 spiro atoms. The summed E-state index contributed by atoms with van der Waals surface area (Å²) in [6.07, 6.45) is -4.38. The zero-order valence-corrected chi connectivity index (χ0v) is 11.2. The Labute approximate surface area is 118 Å². The minimum Gasteiger partial charge on any atom is -0.354 e. The zero-order valence-electron chi connectivity index (χ0n) is 11.2. The molecule has 0 aromatic heterocycles. The van der Waals surface area contributed by atoms with E-state index in [1.807, 2.05) is 5.32 Å². The first kappa shape index (κ1) is 17.4. The molecule has 0 aliphatic rings. The Morgan fingerprint density at radius 1 is 1.24 bits per heavy atom. The summed E-state index contributed by atoms with van der Waals surface area (Å²) in [7, 11) is 0. The molecule has 1 rings (SSSR count). The highest BCUT2D eigenvalue weighted by Crippen LogP contribution is 2.17. The molecule has 0 saturated carbocycles. The highest BCUT2D eigenvalue weighted by Gasteiger charge is 2.26. The molecule has 1 aromatic rings. The van der Waals surface area contributed by atoms with Crippen LogP contribution in [-0.4, -0.2) is 31.7 Å². The van der Waals surface area contributed by atoms with Gasteiger partial charge in [-0.1, -0.05) is 13.0 Å². The molecule has 118 valence electrons. The first-order valence-electron chi connectivity index (χ1n) is 6.18. The number of rotatable bonds is 6. The third kappa shape index (κ3) is 6.52. The maximum Gasteiger partial charge on any atom is 0.401 e. The van der Waals surface area contributed by atoms with Gasteiger partial charge in [0.25, 0.3) is 0 Å². The molecule has 1 amide bonds. The van der Waals surface area contributed by atoms with Crippen LogP contribution in [0.25, 0.3) is 0 Å². The van der Waals surface area contributed by atoms with Crippen molar-refractivity contribution in [1.29, 1.82) is 0 Å². The minimum absolute atomic E-state index is 0.109. The third-order valence-corrected chi connectivity index (χ3v) is 2.73. The van der Waals surface area contributed by atoms with Crippen molar-refractivity contribution in [3.8, 4) is 0 Å². The number of hydrogen-bond acceptors (Lipinski definition) is 2. The summed E-state index contributed by atoms with van der Waals surface area (Å²) < 4.78 is 61.4. The first-order valence-corrected chi connectivity index (χ1v) is 6.18. The summed E-state index contributed by atoms with van der Waals surface area (Å²) in [5, 5.41) is 4.37. The zero-order chi connectivity index (χ0) is 16.0. The second-order valence-corrected chi connectivity index (χ2v) is 4.60. The number of amides is 1. The largest absolute Gasteiger partial charge is 0.401 e. The standard InChI is InChI=1S/C13H15F5N2O/c1-8(9-2-3-10(14)11(15)4-9)5-20-12(21)6-19-7-13(16,17)18/h2-4,8,19H,5-7H2,1H3,(H,20,21)/t8-/m0/s1. The smallest absolute Gasteiger partial charge is 0.354 e. The molecule has 3 nitrogen and oxygen atoms in total. The maximum atomic E-state index is 13.0. The van der Waals surface area contributed by atoms with Crippen LogP contribution in [-0.2, 0) is 4.79 Å². The van der Waals surface area contributed by atoms with Crippen LogP contribution >= 0.6 is 0 Å². The Kier molecular flexibility index (Phi) is 6.07. The van der Waals surface area contributed by atoms with E-state index in [0.717, 1.165) is 12.1 Å². The number of benzene rings is 1. The highest BCUT2D eigenvalue weighted by molar-refractivity contribution is 5.78. The summed E-state index contributed by atoms with van der Waals surface area (Å²) in [5.41, 5.74) is 0.484. The van der Waals surface area contributed by atoms with Gasteiger partial charge in [0.2, 0.25) is 5.91 Å². The second kappa shape index (κ2) is 7.35. The summed E-state index contributed by atoms with van der Waals surface area (Å²) in [6, 6.07) is 3.39. The topological polar surface area (TPSA) is 41.1 Å². The van der Waals surface area contributed by atoms with Crippen LogP contribution in [0.15, 0.2) is 18.2 Å². The lowest BCUT2D eigenvalue weighted by Gasteiger charge is -2.14. The van der Waals surface area contributed by atoms with Crippen molar-refractivity contribution in [2.24, 2.45) is 0 Å². The molecule has 0 aliphatic heterocycles. The van der Waals surface area contributed by atoms with Crippen LogP contribution in [0, 0.1) is 11.6 Å². The van der Waals surface area contributed by atoms with E-state index < -0.39 is 36.8 Å². The van der Waals surface area contributed by atoms with E-state index in [1.54, 1.807) is 6.92 Å². The van der Waals surface area contributed by atoms with Gasteiger partial charge in [0, 0.05) is 6.54 Å². The van der Waals surface area contributed by atoms with Crippen LogP contribution in [0.3, 0.4) is 0 Å². The number of alkyl halides is 3. The van der Waals surface area contributed by atoms with Gasteiger partial charge in [-0.25, -0.2) is 8.78 Å². The molecule has 0 fully saturated rings. The van der Waals surface area contributed by atoms with Crippen molar-refractivity contribution >= 4 is 5.91 Å². The van der Waals surface area contributed by atoms with Gasteiger partial charge in [0.1, 0.15) is 0 Å². The lowest BCUT2D eigenvalue weighted by Crippen LogP contribution is -2.39. The lowest BCUT2D eigenvalue weighted by atomic mass is 10.0. The van der Waals surface area contributed by atoms with Gasteiger partial charge in [-0.15, -0.1) is 0 Å². The molecule has 0 heterocycles. The van der Waals surface area contributed by atoms with Crippen LogP contribution < -0.4 is 10.6 Å². The predicted octanol–water partition coefficient (Wildman–Crippen LogP) is 2.34. The number of carbonyl (C=O) groups is 1. The monoisotopic (exact) mass is 310 g/mol. The average Bonchev–Trinajstić information content (AvgIpc) is 2.37. The second-order valence-electron chi connectivity index (χ2n) is 4.60. The third-order valence-electron chi connectivity index (χ3n) is 2.73. The SMILES string of the molecule is C[C@@H](CNC(=O)CNCC(F)(F)F)c1ccc(F)c(F)c1. The average molecular weight is 310 g/mol. The highest BCUT2D eigenvalue weighted by atomic mass is 19.4. The molecule has 0 saturated heterocycles. The maximum absolute atomic E-state index is 13.0. The minimum atomic E-state index is -4.38. The van der Waals surface area contributed by atoms with E-state index in [-0.39, 0.29) is 12.5 Å². The molecule has 0 unspecified atom stereocenters. The van der Waals surface area contributed by atoms with Crippen molar-refractivity contribution in [3.05, 3.63) is 35.4 Å². The Balaban J connectivity index is 2.36. The Morgan fingerprint density at radius 2 is 1.90 bits per heavy atom. The number of hydrogen-bond donors (Lipinski definition) is 2.